The first-order valence-electron chi connectivity index (χ1n) is 4.68. The molecular formula is C11H18NO+. The van der Waals surface area contributed by atoms with Gasteiger partial charge in [0.25, 0.3) is 0 Å². The maximum atomic E-state index is 5.08. The molecule has 13 heavy (non-hydrogen) atoms. The van der Waals surface area contributed by atoms with Crippen LogP contribution in [0.3, 0.4) is 0 Å². The van der Waals surface area contributed by atoms with E-state index >= 15 is 0 Å². The van der Waals surface area contributed by atoms with Gasteiger partial charge in [0.2, 0.25) is 0 Å². The highest BCUT2D eigenvalue weighted by atomic mass is 16.5. The zero-order valence-corrected chi connectivity index (χ0v) is 8.42. The molecule has 0 unspecified atom stereocenters. The van der Waals surface area contributed by atoms with E-state index in [0.29, 0.717) is 6.04 Å². The van der Waals surface area contributed by atoms with E-state index in [1.807, 2.05) is 12.1 Å². The number of hydrogen-bond donors (Lipinski definition) is 1. The zero-order chi connectivity index (χ0) is 9.68. The molecule has 0 amide bonds. The summed E-state index contributed by atoms with van der Waals surface area (Å²) in [6.45, 7) is 2.14. The van der Waals surface area contributed by atoms with E-state index in [4.69, 9.17) is 4.74 Å². The summed E-state index contributed by atoms with van der Waals surface area (Å²) in [5.41, 5.74) is 5.32. The average Bonchev–Trinajstić information content (AvgIpc) is 2.15. The predicted molar refractivity (Wildman–Crippen MR) is 53.7 cm³/mol. The first kappa shape index (κ1) is 10.1. The standard InChI is InChI=1S/C11H17NO/c1-9(12)3-4-10-5-7-11(13-2)8-6-10/h5-9H,3-4,12H2,1-2H3/p+1/t9-/m0/s1. The van der Waals surface area contributed by atoms with Gasteiger partial charge in [0.1, 0.15) is 5.75 Å². The molecule has 0 spiro atoms. The largest absolute Gasteiger partial charge is 0.497 e. The molecule has 72 valence electrons. The quantitative estimate of drug-likeness (QED) is 0.744. The Bertz CT molecular complexity index is 241. The summed E-state index contributed by atoms with van der Waals surface area (Å²) in [6, 6.07) is 8.76. The van der Waals surface area contributed by atoms with Crippen LogP contribution < -0.4 is 10.5 Å². The molecule has 0 aliphatic rings. The number of aryl methyl sites for hydroxylation is 1. The Morgan fingerprint density at radius 3 is 2.38 bits per heavy atom. The van der Waals surface area contributed by atoms with Gasteiger partial charge < -0.3 is 10.5 Å². The molecule has 0 aliphatic heterocycles. The second kappa shape index (κ2) is 4.87. The van der Waals surface area contributed by atoms with Crippen LogP contribution in [0.15, 0.2) is 24.3 Å². The van der Waals surface area contributed by atoms with Crippen LogP contribution in [0.5, 0.6) is 5.75 Å². The van der Waals surface area contributed by atoms with Gasteiger partial charge >= 0.3 is 0 Å². The van der Waals surface area contributed by atoms with Gasteiger partial charge in [0.15, 0.2) is 0 Å². The molecule has 0 radical (unpaired) electrons. The Labute approximate surface area is 79.7 Å². The molecule has 0 fully saturated rings. The lowest BCUT2D eigenvalue weighted by Gasteiger charge is -2.04. The van der Waals surface area contributed by atoms with Gasteiger partial charge in [-0.25, -0.2) is 0 Å². The van der Waals surface area contributed by atoms with Crippen LogP contribution in [0, 0.1) is 0 Å². The van der Waals surface area contributed by atoms with Gasteiger partial charge in [0.05, 0.1) is 13.2 Å². The Kier molecular flexibility index (Phi) is 3.77. The SMILES string of the molecule is COc1ccc(CC[C@H](C)[NH3+])cc1. The van der Waals surface area contributed by atoms with Crippen LogP contribution in [-0.4, -0.2) is 13.2 Å². The van der Waals surface area contributed by atoms with Crippen molar-refractivity contribution in [1.29, 1.82) is 0 Å². The normalized spacial score (nSPS) is 12.5. The zero-order valence-electron chi connectivity index (χ0n) is 8.42. The van der Waals surface area contributed by atoms with Crippen molar-refractivity contribution in [2.45, 2.75) is 25.8 Å². The molecule has 1 aromatic carbocycles. The molecule has 3 N–H and O–H groups in total. The van der Waals surface area contributed by atoms with E-state index in [1.54, 1.807) is 7.11 Å². The summed E-state index contributed by atoms with van der Waals surface area (Å²) < 4.78 is 5.08. The number of hydrogen-bond acceptors (Lipinski definition) is 1. The van der Waals surface area contributed by atoms with Crippen LogP contribution in [0.2, 0.25) is 0 Å². The molecule has 1 rings (SSSR count). The number of methoxy groups -OCH3 is 1. The lowest BCUT2D eigenvalue weighted by molar-refractivity contribution is -0.415. The number of quaternary nitrogens is 1. The topological polar surface area (TPSA) is 36.9 Å². The third kappa shape index (κ3) is 3.47. The molecular weight excluding hydrogens is 162 g/mol. The van der Waals surface area contributed by atoms with E-state index in [2.05, 4.69) is 24.8 Å². The molecule has 0 saturated carbocycles. The van der Waals surface area contributed by atoms with E-state index in [0.717, 1.165) is 18.6 Å². The summed E-state index contributed by atoms with van der Waals surface area (Å²) >= 11 is 0. The van der Waals surface area contributed by atoms with Crippen molar-refractivity contribution < 1.29 is 10.5 Å². The fourth-order valence-corrected chi connectivity index (χ4v) is 1.21. The highest BCUT2D eigenvalue weighted by Gasteiger charge is 1.99. The Balaban J connectivity index is 2.49. The molecule has 0 aromatic heterocycles. The lowest BCUT2D eigenvalue weighted by Crippen LogP contribution is -2.59. The summed E-state index contributed by atoms with van der Waals surface area (Å²) in [7, 11) is 1.69. The highest BCUT2D eigenvalue weighted by Crippen LogP contribution is 2.12. The van der Waals surface area contributed by atoms with Crippen LogP contribution in [0.25, 0.3) is 0 Å². The molecule has 1 atom stereocenters. The van der Waals surface area contributed by atoms with Gasteiger partial charge in [-0.15, -0.1) is 0 Å². The smallest absolute Gasteiger partial charge is 0.118 e. The van der Waals surface area contributed by atoms with Crippen LogP contribution in [0.4, 0.5) is 0 Å². The second-order valence-electron chi connectivity index (χ2n) is 3.49. The summed E-state index contributed by atoms with van der Waals surface area (Å²) in [5.74, 6) is 0.923. The summed E-state index contributed by atoms with van der Waals surface area (Å²) in [5, 5.41) is 0. The van der Waals surface area contributed by atoms with Crippen molar-refractivity contribution in [3.63, 3.8) is 0 Å². The summed E-state index contributed by atoms with van der Waals surface area (Å²) in [4.78, 5) is 0. The van der Waals surface area contributed by atoms with Crippen LogP contribution >= 0.6 is 0 Å². The highest BCUT2D eigenvalue weighted by molar-refractivity contribution is 5.27. The number of benzene rings is 1. The van der Waals surface area contributed by atoms with Crippen molar-refractivity contribution in [3.8, 4) is 5.75 Å². The molecule has 0 saturated heterocycles. The van der Waals surface area contributed by atoms with Gasteiger partial charge in [-0.2, -0.15) is 0 Å². The van der Waals surface area contributed by atoms with Crippen molar-refractivity contribution >= 4 is 0 Å². The third-order valence-corrected chi connectivity index (χ3v) is 2.08. The maximum Gasteiger partial charge on any atom is 0.118 e. The predicted octanol–water partition coefficient (Wildman–Crippen LogP) is 1.26. The molecule has 0 heterocycles. The fraction of sp³-hybridized carbons (Fsp3) is 0.455. The number of ether oxygens (including phenoxy) is 1. The average molecular weight is 180 g/mol. The van der Waals surface area contributed by atoms with Gasteiger partial charge in [0, 0.05) is 6.42 Å². The van der Waals surface area contributed by atoms with Crippen LogP contribution in [-0.2, 0) is 6.42 Å². The van der Waals surface area contributed by atoms with Gasteiger partial charge in [-0.05, 0) is 31.0 Å². The Morgan fingerprint density at radius 2 is 1.92 bits per heavy atom. The minimum Gasteiger partial charge on any atom is -0.497 e. The molecule has 2 nitrogen and oxygen atoms in total. The van der Waals surface area contributed by atoms with Crippen molar-refractivity contribution in [1.82, 2.24) is 0 Å². The van der Waals surface area contributed by atoms with Crippen LogP contribution in [0.1, 0.15) is 18.9 Å². The first-order valence-corrected chi connectivity index (χ1v) is 4.68. The minimum atomic E-state index is 0.530. The van der Waals surface area contributed by atoms with Crippen molar-refractivity contribution in [3.05, 3.63) is 29.8 Å². The Morgan fingerprint density at radius 1 is 1.31 bits per heavy atom. The lowest BCUT2D eigenvalue weighted by atomic mass is 10.1. The minimum absolute atomic E-state index is 0.530. The molecule has 1 aromatic rings. The van der Waals surface area contributed by atoms with Crippen molar-refractivity contribution in [2.75, 3.05) is 7.11 Å². The fourth-order valence-electron chi connectivity index (χ4n) is 1.21. The molecule has 0 aliphatic carbocycles. The van der Waals surface area contributed by atoms with E-state index in [9.17, 15) is 0 Å². The van der Waals surface area contributed by atoms with E-state index in [-0.39, 0.29) is 0 Å². The number of rotatable bonds is 4. The molecule has 2 heteroatoms. The molecule has 0 bridgehead atoms. The monoisotopic (exact) mass is 180 g/mol. The van der Waals surface area contributed by atoms with Gasteiger partial charge in [-0.1, -0.05) is 12.1 Å². The third-order valence-electron chi connectivity index (χ3n) is 2.08. The first-order chi connectivity index (χ1) is 6.22. The second-order valence-corrected chi connectivity index (χ2v) is 3.49. The van der Waals surface area contributed by atoms with Crippen molar-refractivity contribution in [2.24, 2.45) is 0 Å². The Hall–Kier alpha value is -1.02. The van der Waals surface area contributed by atoms with Gasteiger partial charge in [-0.3, -0.25) is 0 Å². The van der Waals surface area contributed by atoms with E-state index < -0.39 is 0 Å². The van der Waals surface area contributed by atoms with E-state index in [1.165, 1.54) is 5.56 Å². The maximum absolute atomic E-state index is 5.08. The summed E-state index contributed by atoms with van der Waals surface area (Å²) in [6.07, 6.45) is 2.25.